The minimum Gasteiger partial charge on any atom is -0.481 e. The molecule has 29 heavy (non-hydrogen) atoms. The molecule has 148 valence electrons. The van der Waals surface area contributed by atoms with Crippen molar-refractivity contribution in [1.82, 2.24) is 4.90 Å². The van der Waals surface area contributed by atoms with Gasteiger partial charge in [0.15, 0.2) is 0 Å². The van der Waals surface area contributed by atoms with Crippen molar-refractivity contribution in [3.63, 3.8) is 0 Å². The van der Waals surface area contributed by atoms with Crippen LogP contribution >= 0.6 is 24.0 Å². The molecule has 2 N–H and O–H groups in total. The van der Waals surface area contributed by atoms with E-state index in [0.29, 0.717) is 21.7 Å². The van der Waals surface area contributed by atoms with Gasteiger partial charge in [0.25, 0.3) is 5.91 Å². The van der Waals surface area contributed by atoms with Gasteiger partial charge in [0.1, 0.15) is 16.7 Å². The molecule has 2 aromatic carbocycles. The second-order valence-corrected chi connectivity index (χ2v) is 7.81. The van der Waals surface area contributed by atoms with Crippen molar-refractivity contribution in [2.45, 2.75) is 6.42 Å². The van der Waals surface area contributed by atoms with Crippen LogP contribution in [0.4, 0.5) is 10.1 Å². The summed E-state index contributed by atoms with van der Waals surface area (Å²) in [6.07, 6.45) is 1.42. The number of nitrogens with one attached hydrogen (secondary N) is 1. The second kappa shape index (κ2) is 8.97. The van der Waals surface area contributed by atoms with Crippen LogP contribution in [0.5, 0.6) is 0 Å². The number of amides is 2. The number of rotatable bonds is 6. The van der Waals surface area contributed by atoms with Gasteiger partial charge in [-0.3, -0.25) is 19.3 Å². The molecular formula is C20H15FN2O4S2. The van der Waals surface area contributed by atoms with Crippen molar-refractivity contribution in [2.75, 3.05) is 11.9 Å². The van der Waals surface area contributed by atoms with E-state index in [1.54, 1.807) is 30.3 Å². The van der Waals surface area contributed by atoms with E-state index in [4.69, 9.17) is 17.3 Å². The van der Waals surface area contributed by atoms with Gasteiger partial charge in [0.05, 0.1) is 11.3 Å². The van der Waals surface area contributed by atoms with Crippen LogP contribution in [-0.2, 0) is 20.8 Å². The molecule has 1 heterocycles. The van der Waals surface area contributed by atoms with Crippen LogP contribution in [0, 0.1) is 5.82 Å². The first-order valence-corrected chi connectivity index (χ1v) is 9.66. The molecule has 0 saturated carbocycles. The molecule has 0 aliphatic carbocycles. The van der Waals surface area contributed by atoms with E-state index in [0.717, 1.165) is 11.8 Å². The van der Waals surface area contributed by atoms with Crippen LogP contribution in [0.1, 0.15) is 11.1 Å². The van der Waals surface area contributed by atoms with Gasteiger partial charge in [-0.1, -0.05) is 48.2 Å². The van der Waals surface area contributed by atoms with Gasteiger partial charge in [-0.2, -0.15) is 0 Å². The minimum atomic E-state index is -0.942. The molecule has 3 rings (SSSR count). The number of nitrogens with zero attached hydrogens (tertiary/aromatic N) is 1. The van der Waals surface area contributed by atoms with Gasteiger partial charge in [-0.05, 0) is 41.5 Å². The summed E-state index contributed by atoms with van der Waals surface area (Å²) in [4.78, 5) is 37.0. The first-order chi connectivity index (χ1) is 13.8. The summed E-state index contributed by atoms with van der Waals surface area (Å²) in [5, 5.41) is 11.4. The molecule has 0 bridgehead atoms. The van der Waals surface area contributed by atoms with Crippen molar-refractivity contribution < 1.29 is 23.9 Å². The lowest BCUT2D eigenvalue weighted by Gasteiger charge is -2.14. The lowest BCUT2D eigenvalue weighted by molar-refractivity contribution is -0.136. The number of benzene rings is 2. The van der Waals surface area contributed by atoms with E-state index >= 15 is 0 Å². The van der Waals surface area contributed by atoms with Gasteiger partial charge in [-0.25, -0.2) is 4.39 Å². The fourth-order valence-electron chi connectivity index (χ4n) is 2.61. The van der Waals surface area contributed by atoms with Crippen molar-refractivity contribution in [1.29, 1.82) is 0 Å². The Morgan fingerprint density at radius 1 is 1.21 bits per heavy atom. The van der Waals surface area contributed by atoms with E-state index in [-0.39, 0.29) is 17.3 Å². The number of hydrogen-bond donors (Lipinski definition) is 2. The van der Waals surface area contributed by atoms with E-state index in [1.807, 2.05) is 0 Å². The Labute approximate surface area is 175 Å². The lowest BCUT2D eigenvalue weighted by atomic mass is 10.1. The Kier molecular flexibility index (Phi) is 6.40. The van der Waals surface area contributed by atoms with Crippen LogP contribution in [0.3, 0.4) is 0 Å². The van der Waals surface area contributed by atoms with Crippen molar-refractivity contribution in [2.24, 2.45) is 0 Å². The minimum absolute atomic E-state index is 0.109. The SMILES string of the molecule is O=C(O)Cc1ccc(NC(=O)CN2C(=O)/C(=C/c3cccc(F)c3)SC2=S)cc1. The van der Waals surface area contributed by atoms with Crippen LogP contribution in [-0.4, -0.2) is 38.7 Å². The van der Waals surface area contributed by atoms with Crippen molar-refractivity contribution in [3.8, 4) is 0 Å². The Bertz CT molecular complexity index is 1020. The van der Waals surface area contributed by atoms with Crippen LogP contribution < -0.4 is 5.32 Å². The molecule has 1 fully saturated rings. The molecule has 2 aromatic rings. The summed E-state index contributed by atoms with van der Waals surface area (Å²) < 4.78 is 13.6. The third-order valence-corrected chi connectivity index (χ3v) is 5.29. The van der Waals surface area contributed by atoms with E-state index in [9.17, 15) is 18.8 Å². The molecular weight excluding hydrogens is 415 g/mol. The Morgan fingerprint density at radius 3 is 2.59 bits per heavy atom. The second-order valence-electron chi connectivity index (χ2n) is 6.14. The predicted octanol–water partition coefficient (Wildman–Crippen LogP) is 3.29. The van der Waals surface area contributed by atoms with Crippen LogP contribution in [0.15, 0.2) is 53.4 Å². The van der Waals surface area contributed by atoms with E-state index < -0.39 is 23.6 Å². The molecule has 0 atom stereocenters. The molecule has 0 unspecified atom stereocenters. The molecule has 9 heteroatoms. The standard InChI is InChI=1S/C20H15FN2O4S2/c21-14-3-1-2-13(8-14)9-16-19(27)23(20(28)29-16)11-17(24)22-15-6-4-12(5-7-15)10-18(25)26/h1-9H,10-11H2,(H,22,24)(H,25,26)/b16-9-. The number of aliphatic carboxylic acids is 1. The Balaban J connectivity index is 1.63. The number of anilines is 1. The fraction of sp³-hybridized carbons (Fsp3) is 0.100. The predicted molar refractivity (Wildman–Crippen MR) is 113 cm³/mol. The van der Waals surface area contributed by atoms with Gasteiger partial charge >= 0.3 is 5.97 Å². The summed E-state index contributed by atoms with van der Waals surface area (Å²) in [5.41, 5.74) is 1.61. The summed E-state index contributed by atoms with van der Waals surface area (Å²) >= 11 is 6.24. The Morgan fingerprint density at radius 2 is 1.93 bits per heavy atom. The average Bonchev–Trinajstić information content (AvgIpc) is 2.90. The quantitative estimate of drug-likeness (QED) is 0.540. The largest absolute Gasteiger partial charge is 0.481 e. The average molecular weight is 430 g/mol. The number of carbonyl (C=O) groups excluding carboxylic acids is 2. The number of halogens is 1. The number of thiocarbonyl (C=S) groups is 1. The smallest absolute Gasteiger partial charge is 0.307 e. The fourth-order valence-corrected chi connectivity index (χ4v) is 3.86. The zero-order valence-corrected chi connectivity index (χ0v) is 16.6. The third-order valence-electron chi connectivity index (χ3n) is 3.91. The van der Waals surface area contributed by atoms with Crippen molar-refractivity contribution >= 4 is 57.8 Å². The molecule has 1 saturated heterocycles. The highest BCUT2D eigenvalue weighted by Crippen LogP contribution is 2.32. The number of hydrogen-bond acceptors (Lipinski definition) is 5. The lowest BCUT2D eigenvalue weighted by Crippen LogP contribution is -2.36. The maximum atomic E-state index is 13.3. The highest BCUT2D eigenvalue weighted by atomic mass is 32.2. The normalized spacial score (nSPS) is 15.1. The molecule has 6 nitrogen and oxygen atoms in total. The third kappa shape index (κ3) is 5.49. The highest BCUT2D eigenvalue weighted by Gasteiger charge is 2.33. The summed E-state index contributed by atoms with van der Waals surface area (Å²) in [6.45, 7) is -0.262. The first kappa shape index (κ1) is 20.7. The molecule has 0 aromatic heterocycles. The first-order valence-electron chi connectivity index (χ1n) is 8.43. The molecule has 0 spiro atoms. The maximum Gasteiger partial charge on any atom is 0.307 e. The van der Waals surface area contributed by atoms with Crippen LogP contribution in [0.25, 0.3) is 6.08 Å². The molecule has 0 radical (unpaired) electrons. The zero-order valence-electron chi connectivity index (χ0n) is 14.9. The molecule has 1 aliphatic rings. The number of thioether (sulfide) groups is 1. The maximum absolute atomic E-state index is 13.3. The molecule has 2 amide bonds. The van der Waals surface area contributed by atoms with Crippen LogP contribution in [0.2, 0.25) is 0 Å². The summed E-state index contributed by atoms with van der Waals surface area (Å²) in [7, 11) is 0. The van der Waals surface area contributed by atoms with Crippen molar-refractivity contribution in [3.05, 3.63) is 70.4 Å². The van der Waals surface area contributed by atoms with Gasteiger partial charge < -0.3 is 10.4 Å². The Hall–Kier alpha value is -3.04. The van der Waals surface area contributed by atoms with Gasteiger partial charge in [0.2, 0.25) is 5.91 Å². The number of carbonyl (C=O) groups is 3. The zero-order chi connectivity index (χ0) is 21.0. The topological polar surface area (TPSA) is 86.7 Å². The van der Waals surface area contributed by atoms with E-state index in [1.165, 1.54) is 29.2 Å². The van der Waals surface area contributed by atoms with Gasteiger partial charge in [0, 0.05) is 5.69 Å². The highest BCUT2D eigenvalue weighted by molar-refractivity contribution is 8.26. The van der Waals surface area contributed by atoms with Gasteiger partial charge in [-0.15, -0.1) is 0 Å². The summed E-state index contributed by atoms with van der Waals surface area (Å²) in [5.74, 6) is -2.22. The van der Waals surface area contributed by atoms with E-state index in [2.05, 4.69) is 5.32 Å². The number of carboxylic acids is 1. The number of carboxylic acid groups (broad SMARTS) is 1. The summed E-state index contributed by atoms with van der Waals surface area (Å²) in [6, 6.07) is 12.2. The monoisotopic (exact) mass is 430 g/mol. The molecule has 1 aliphatic heterocycles.